The zero-order valence-electron chi connectivity index (χ0n) is 12.0. The predicted octanol–water partition coefficient (Wildman–Crippen LogP) is 1.17. The lowest BCUT2D eigenvalue weighted by molar-refractivity contribution is -0.136. The van der Waals surface area contributed by atoms with Gasteiger partial charge in [0, 0.05) is 56.9 Å². The first-order chi connectivity index (χ1) is 9.69. The van der Waals surface area contributed by atoms with Gasteiger partial charge in [0.2, 0.25) is 5.91 Å². The van der Waals surface area contributed by atoms with E-state index in [9.17, 15) is 4.79 Å². The number of hydrogen-bond acceptors (Lipinski definition) is 3. The fraction of sp³-hybridized carbons (Fsp3) is 0.600. The highest BCUT2D eigenvalue weighted by molar-refractivity contribution is 5.78. The van der Waals surface area contributed by atoms with Crippen molar-refractivity contribution in [2.45, 2.75) is 37.9 Å². The molecule has 1 amide bonds. The summed E-state index contributed by atoms with van der Waals surface area (Å²) >= 11 is 0. The van der Waals surface area contributed by atoms with Crippen LogP contribution in [0.5, 0.6) is 0 Å². The van der Waals surface area contributed by atoms with Crippen LogP contribution >= 0.6 is 0 Å². The maximum absolute atomic E-state index is 12.0. The molecule has 1 aromatic rings. The van der Waals surface area contributed by atoms with Gasteiger partial charge in [-0.3, -0.25) is 14.4 Å². The summed E-state index contributed by atoms with van der Waals surface area (Å²) in [6.07, 6.45) is 8.57. The average molecular weight is 274 g/mol. The normalized spacial score (nSPS) is 26.9. The molecule has 2 aliphatic rings. The van der Waals surface area contributed by atoms with E-state index in [0.29, 0.717) is 25.0 Å². The Morgan fingerprint density at radius 1 is 1.45 bits per heavy atom. The third-order valence-electron chi connectivity index (χ3n) is 4.47. The van der Waals surface area contributed by atoms with Gasteiger partial charge in [-0.15, -0.1) is 6.58 Å². The van der Waals surface area contributed by atoms with Gasteiger partial charge in [0.05, 0.1) is 6.20 Å². The van der Waals surface area contributed by atoms with E-state index in [1.807, 2.05) is 28.9 Å². The van der Waals surface area contributed by atoms with E-state index < -0.39 is 0 Å². The molecule has 108 valence electrons. The molecule has 0 spiro atoms. The first-order valence-corrected chi connectivity index (χ1v) is 7.31. The molecular formula is C15H22N4O. The van der Waals surface area contributed by atoms with Crippen LogP contribution in [0.15, 0.2) is 25.0 Å². The van der Waals surface area contributed by atoms with Crippen LogP contribution < -0.4 is 0 Å². The van der Waals surface area contributed by atoms with Gasteiger partial charge in [-0.1, -0.05) is 6.08 Å². The Bertz CT molecular complexity index is 510. The summed E-state index contributed by atoms with van der Waals surface area (Å²) in [5, 5.41) is 4.23. The van der Waals surface area contributed by atoms with Gasteiger partial charge in [-0.25, -0.2) is 0 Å². The molecule has 5 nitrogen and oxygen atoms in total. The maximum atomic E-state index is 12.0. The van der Waals surface area contributed by atoms with Gasteiger partial charge in [-0.2, -0.15) is 5.10 Å². The van der Waals surface area contributed by atoms with Crippen LogP contribution in [0, 0.1) is 0 Å². The fourth-order valence-corrected chi connectivity index (χ4v) is 3.60. The lowest BCUT2D eigenvalue weighted by Crippen LogP contribution is -2.52. The number of aryl methyl sites for hydroxylation is 1. The minimum Gasteiger partial charge on any atom is -0.334 e. The van der Waals surface area contributed by atoms with E-state index in [2.05, 4.69) is 22.8 Å². The van der Waals surface area contributed by atoms with Crippen molar-refractivity contribution in [3.8, 4) is 0 Å². The van der Waals surface area contributed by atoms with Gasteiger partial charge in [0.15, 0.2) is 0 Å². The molecule has 0 bridgehead atoms. The number of hydrogen-bond donors (Lipinski definition) is 0. The van der Waals surface area contributed by atoms with Crippen LogP contribution in [0.1, 0.15) is 24.8 Å². The van der Waals surface area contributed by atoms with Crippen LogP contribution in [0.3, 0.4) is 0 Å². The lowest BCUT2D eigenvalue weighted by atomic mass is 9.96. The molecule has 2 saturated heterocycles. The molecule has 2 atom stereocenters. The van der Waals surface area contributed by atoms with Crippen molar-refractivity contribution in [2.75, 3.05) is 13.1 Å². The van der Waals surface area contributed by atoms with Gasteiger partial charge < -0.3 is 4.90 Å². The Hall–Kier alpha value is -1.62. The molecule has 1 aromatic heterocycles. The molecule has 0 unspecified atom stereocenters. The summed E-state index contributed by atoms with van der Waals surface area (Å²) in [7, 11) is 1.95. The molecule has 5 heteroatoms. The number of amides is 1. The van der Waals surface area contributed by atoms with Crippen molar-refractivity contribution in [1.29, 1.82) is 0 Å². The van der Waals surface area contributed by atoms with E-state index in [0.717, 1.165) is 25.9 Å². The van der Waals surface area contributed by atoms with Crippen molar-refractivity contribution in [1.82, 2.24) is 19.6 Å². The first kappa shape index (κ1) is 13.4. The Balaban J connectivity index is 1.71. The quantitative estimate of drug-likeness (QED) is 0.774. The second-order valence-electron chi connectivity index (χ2n) is 5.79. The number of carbonyl (C=O) groups is 1. The summed E-state index contributed by atoms with van der Waals surface area (Å²) < 4.78 is 1.84. The molecular weight excluding hydrogens is 252 g/mol. The monoisotopic (exact) mass is 274 g/mol. The van der Waals surface area contributed by atoms with Crippen LogP contribution in [0.25, 0.3) is 0 Å². The van der Waals surface area contributed by atoms with Gasteiger partial charge in [-0.05, 0) is 12.8 Å². The minimum absolute atomic E-state index is 0.286. The Labute approximate surface area is 119 Å². The molecule has 0 radical (unpaired) electrons. The highest BCUT2D eigenvalue weighted by Crippen LogP contribution is 2.32. The molecule has 0 aromatic carbocycles. The van der Waals surface area contributed by atoms with Crippen LogP contribution in [0.4, 0.5) is 0 Å². The molecule has 2 fully saturated rings. The van der Waals surface area contributed by atoms with Crippen molar-refractivity contribution in [3.05, 3.63) is 30.6 Å². The summed E-state index contributed by atoms with van der Waals surface area (Å²) in [4.78, 5) is 16.6. The van der Waals surface area contributed by atoms with E-state index in [-0.39, 0.29) is 5.91 Å². The summed E-state index contributed by atoms with van der Waals surface area (Å²) in [5.74, 6) is 0.286. The summed E-state index contributed by atoms with van der Waals surface area (Å²) in [6, 6.07) is 0.860. The van der Waals surface area contributed by atoms with E-state index in [1.54, 1.807) is 0 Å². The zero-order chi connectivity index (χ0) is 14.1. The lowest BCUT2D eigenvalue weighted by Gasteiger charge is -2.39. The number of aromatic nitrogens is 2. The number of likely N-dealkylation sites (tertiary alicyclic amines) is 2. The van der Waals surface area contributed by atoms with E-state index in [4.69, 9.17) is 0 Å². The highest BCUT2D eigenvalue weighted by atomic mass is 16.2. The molecule has 0 saturated carbocycles. The summed E-state index contributed by atoms with van der Waals surface area (Å²) in [5.41, 5.74) is 1.25. The molecule has 0 aliphatic carbocycles. The molecule has 3 rings (SSSR count). The van der Waals surface area contributed by atoms with Crippen LogP contribution in [-0.4, -0.2) is 50.7 Å². The smallest absolute Gasteiger partial charge is 0.223 e. The maximum Gasteiger partial charge on any atom is 0.223 e. The summed E-state index contributed by atoms with van der Waals surface area (Å²) in [6.45, 7) is 6.45. The topological polar surface area (TPSA) is 41.4 Å². The standard InChI is InChI=1S/C15H22N4O/c1-3-7-19-14-6-8-18(13(14)4-5-15(19)20)11-12-9-16-17(2)10-12/h3,9-10,13-14H,1,4-8,11H2,2H3/t13-,14-/m0/s1. The number of piperidine rings is 1. The van der Waals surface area contributed by atoms with Crippen molar-refractivity contribution >= 4 is 5.91 Å². The number of fused-ring (bicyclic) bond motifs is 1. The molecule has 0 N–H and O–H groups in total. The second kappa shape index (κ2) is 5.40. The van der Waals surface area contributed by atoms with Crippen molar-refractivity contribution < 1.29 is 4.79 Å². The van der Waals surface area contributed by atoms with Crippen molar-refractivity contribution in [3.63, 3.8) is 0 Å². The molecule has 2 aliphatic heterocycles. The second-order valence-corrected chi connectivity index (χ2v) is 5.79. The first-order valence-electron chi connectivity index (χ1n) is 7.31. The number of carbonyl (C=O) groups excluding carboxylic acids is 1. The Morgan fingerprint density at radius 2 is 2.30 bits per heavy atom. The predicted molar refractivity (Wildman–Crippen MR) is 77.0 cm³/mol. The third kappa shape index (κ3) is 2.38. The van der Waals surface area contributed by atoms with E-state index >= 15 is 0 Å². The zero-order valence-corrected chi connectivity index (χ0v) is 12.0. The SMILES string of the molecule is C=CCN1C(=O)CC[C@H]2[C@@H]1CCN2Cc1cnn(C)c1. The number of nitrogens with zero attached hydrogens (tertiary/aromatic N) is 4. The van der Waals surface area contributed by atoms with Crippen LogP contribution in [0.2, 0.25) is 0 Å². The Morgan fingerprint density at radius 3 is 3.00 bits per heavy atom. The van der Waals surface area contributed by atoms with Gasteiger partial charge in [0.1, 0.15) is 0 Å². The van der Waals surface area contributed by atoms with Crippen molar-refractivity contribution in [2.24, 2.45) is 7.05 Å². The highest BCUT2D eigenvalue weighted by Gasteiger charge is 2.42. The fourth-order valence-electron chi connectivity index (χ4n) is 3.60. The minimum atomic E-state index is 0.286. The molecule has 3 heterocycles. The third-order valence-corrected chi connectivity index (χ3v) is 4.47. The number of rotatable bonds is 4. The average Bonchev–Trinajstić information content (AvgIpc) is 3.01. The van der Waals surface area contributed by atoms with Gasteiger partial charge in [0.25, 0.3) is 0 Å². The molecule has 20 heavy (non-hydrogen) atoms. The Kier molecular flexibility index (Phi) is 3.61. The van der Waals surface area contributed by atoms with Crippen LogP contribution in [-0.2, 0) is 18.4 Å². The largest absolute Gasteiger partial charge is 0.334 e. The van der Waals surface area contributed by atoms with E-state index in [1.165, 1.54) is 5.56 Å². The van der Waals surface area contributed by atoms with Gasteiger partial charge >= 0.3 is 0 Å².